The third kappa shape index (κ3) is 2.87. The second-order valence-corrected chi connectivity index (χ2v) is 9.18. The van der Waals surface area contributed by atoms with E-state index in [1.54, 1.807) is 0 Å². The molecule has 2 fully saturated rings. The molecule has 1 aliphatic carbocycles. The van der Waals surface area contributed by atoms with Crippen LogP contribution in [0.15, 0.2) is 45.9 Å². The normalized spacial score (nSPS) is 22.6. The lowest BCUT2D eigenvalue weighted by Crippen LogP contribution is -2.30. The molecule has 0 spiro atoms. The van der Waals surface area contributed by atoms with Gasteiger partial charge in [0.15, 0.2) is 5.65 Å². The van der Waals surface area contributed by atoms with Crippen molar-refractivity contribution < 1.29 is 4.42 Å². The third-order valence-corrected chi connectivity index (χ3v) is 6.83. The summed E-state index contributed by atoms with van der Waals surface area (Å²) in [6, 6.07) is 8.76. The second kappa shape index (κ2) is 6.40. The van der Waals surface area contributed by atoms with Crippen LogP contribution in [-0.2, 0) is 0 Å². The summed E-state index contributed by atoms with van der Waals surface area (Å²) in [4.78, 5) is 26.7. The number of hydrogen-bond acceptors (Lipinski definition) is 6. The van der Waals surface area contributed by atoms with Gasteiger partial charge in [-0.25, -0.2) is 9.78 Å². The van der Waals surface area contributed by atoms with Crippen LogP contribution in [0.25, 0.3) is 27.9 Å². The summed E-state index contributed by atoms with van der Waals surface area (Å²) in [5.41, 5.74) is 4.93. The number of imidazole rings is 1. The standard InChI is InChI=1S/C24H25N5O2/c1-13-9-29-12-20(26-23(29)14(2)25-13)17-7-15-5-6-16(8-21(15)31-24(17)30)28-10-18-19(11-28)22(18)27(3)4/h5-9,12,18-19,22H,10-11H2,1-4H3/t18-,19+,22-. The summed E-state index contributed by atoms with van der Waals surface area (Å²) in [5, 5.41) is 0.900. The van der Waals surface area contributed by atoms with Crippen molar-refractivity contribution in [3.8, 4) is 11.3 Å². The van der Waals surface area contributed by atoms with Gasteiger partial charge < -0.3 is 18.6 Å². The van der Waals surface area contributed by atoms with Crippen molar-refractivity contribution in [2.45, 2.75) is 19.9 Å². The van der Waals surface area contributed by atoms with E-state index in [4.69, 9.17) is 4.42 Å². The number of hydrogen-bond donors (Lipinski definition) is 0. The Bertz CT molecular complexity index is 1390. The van der Waals surface area contributed by atoms with Gasteiger partial charge in [-0.3, -0.25) is 4.98 Å². The Morgan fingerprint density at radius 1 is 1.06 bits per heavy atom. The van der Waals surface area contributed by atoms with E-state index < -0.39 is 0 Å². The van der Waals surface area contributed by atoms with E-state index in [1.807, 2.05) is 48.8 Å². The Morgan fingerprint density at radius 2 is 1.84 bits per heavy atom. The zero-order chi connectivity index (χ0) is 21.4. The number of anilines is 1. The average molecular weight is 415 g/mol. The first-order valence-electron chi connectivity index (χ1n) is 10.7. The van der Waals surface area contributed by atoms with Crippen molar-refractivity contribution in [3.05, 3.63) is 58.5 Å². The van der Waals surface area contributed by atoms with Crippen molar-refractivity contribution in [1.29, 1.82) is 0 Å². The molecule has 4 aromatic rings. The van der Waals surface area contributed by atoms with Gasteiger partial charge in [-0.05, 0) is 58.0 Å². The number of aromatic nitrogens is 3. The highest BCUT2D eigenvalue weighted by Crippen LogP contribution is 2.49. The molecular formula is C24H25N5O2. The molecular weight excluding hydrogens is 390 g/mol. The van der Waals surface area contributed by atoms with Crippen LogP contribution in [0.3, 0.4) is 0 Å². The molecule has 0 radical (unpaired) electrons. The molecule has 7 heteroatoms. The summed E-state index contributed by atoms with van der Waals surface area (Å²) in [6.07, 6.45) is 3.77. The molecule has 2 aliphatic rings. The van der Waals surface area contributed by atoms with Gasteiger partial charge in [0, 0.05) is 48.7 Å². The van der Waals surface area contributed by atoms with Gasteiger partial charge in [-0.2, -0.15) is 0 Å². The van der Waals surface area contributed by atoms with Gasteiger partial charge in [0.2, 0.25) is 0 Å². The van der Waals surface area contributed by atoms with Gasteiger partial charge in [0.25, 0.3) is 0 Å². The Kier molecular flexibility index (Phi) is 3.84. The van der Waals surface area contributed by atoms with E-state index >= 15 is 0 Å². The average Bonchev–Trinajstić information content (AvgIpc) is 3.05. The number of rotatable bonds is 3. The molecule has 1 saturated heterocycles. The Morgan fingerprint density at radius 3 is 2.58 bits per heavy atom. The molecule has 0 N–H and O–H groups in total. The predicted molar refractivity (Wildman–Crippen MR) is 121 cm³/mol. The summed E-state index contributed by atoms with van der Waals surface area (Å²) >= 11 is 0. The lowest BCUT2D eigenvalue weighted by Gasteiger charge is -2.24. The summed E-state index contributed by atoms with van der Waals surface area (Å²) in [5.74, 6) is 1.49. The fraction of sp³-hybridized carbons (Fsp3) is 0.375. The molecule has 3 aromatic heterocycles. The van der Waals surface area contributed by atoms with E-state index in [1.165, 1.54) is 0 Å². The lowest BCUT2D eigenvalue weighted by atomic mass is 10.1. The van der Waals surface area contributed by atoms with E-state index in [0.29, 0.717) is 22.9 Å². The molecule has 4 heterocycles. The number of fused-ring (bicyclic) bond motifs is 3. The summed E-state index contributed by atoms with van der Waals surface area (Å²) in [6.45, 7) is 6.00. The molecule has 7 nitrogen and oxygen atoms in total. The van der Waals surface area contributed by atoms with Crippen LogP contribution < -0.4 is 10.5 Å². The minimum Gasteiger partial charge on any atom is -0.422 e. The van der Waals surface area contributed by atoms with Gasteiger partial charge in [-0.1, -0.05) is 0 Å². The van der Waals surface area contributed by atoms with Crippen molar-refractivity contribution in [3.63, 3.8) is 0 Å². The van der Waals surface area contributed by atoms with E-state index in [0.717, 1.165) is 53.0 Å². The maximum atomic E-state index is 12.8. The van der Waals surface area contributed by atoms with Crippen LogP contribution in [0.4, 0.5) is 5.69 Å². The van der Waals surface area contributed by atoms with Gasteiger partial charge in [-0.15, -0.1) is 0 Å². The summed E-state index contributed by atoms with van der Waals surface area (Å²) in [7, 11) is 4.33. The Labute approximate surface area is 179 Å². The van der Waals surface area contributed by atoms with Crippen molar-refractivity contribution >= 4 is 22.3 Å². The number of piperidine rings is 1. The molecule has 158 valence electrons. The van der Waals surface area contributed by atoms with Gasteiger partial charge in [0.05, 0.1) is 22.6 Å². The smallest absolute Gasteiger partial charge is 0.345 e. The van der Waals surface area contributed by atoms with Crippen molar-refractivity contribution in [2.24, 2.45) is 11.8 Å². The lowest BCUT2D eigenvalue weighted by molar-refractivity contribution is 0.357. The molecule has 0 amide bonds. The highest BCUT2D eigenvalue weighted by molar-refractivity contribution is 5.84. The van der Waals surface area contributed by atoms with Crippen LogP contribution in [0.1, 0.15) is 11.4 Å². The van der Waals surface area contributed by atoms with E-state index in [2.05, 4.69) is 39.9 Å². The zero-order valence-corrected chi connectivity index (χ0v) is 18.2. The van der Waals surface area contributed by atoms with Crippen LogP contribution in [0, 0.1) is 25.7 Å². The Balaban J connectivity index is 1.34. The van der Waals surface area contributed by atoms with Crippen molar-refractivity contribution in [1.82, 2.24) is 19.3 Å². The molecule has 31 heavy (non-hydrogen) atoms. The first-order chi connectivity index (χ1) is 14.9. The fourth-order valence-corrected chi connectivity index (χ4v) is 5.38. The maximum absolute atomic E-state index is 12.8. The highest BCUT2D eigenvalue weighted by Gasteiger charge is 2.56. The minimum atomic E-state index is -0.368. The van der Waals surface area contributed by atoms with Crippen LogP contribution in [0.5, 0.6) is 0 Å². The SMILES string of the molecule is Cc1cn2cc(-c3cc4ccc(N5C[C@@H]6[C@H](C5)[C@@H]6N(C)C)cc4oc3=O)nc2c(C)n1. The minimum absolute atomic E-state index is 0.368. The predicted octanol–water partition coefficient (Wildman–Crippen LogP) is 3.12. The quantitative estimate of drug-likeness (QED) is 0.479. The van der Waals surface area contributed by atoms with E-state index in [9.17, 15) is 4.79 Å². The molecule has 0 unspecified atom stereocenters. The molecule has 1 aliphatic heterocycles. The fourth-order valence-electron chi connectivity index (χ4n) is 5.38. The van der Waals surface area contributed by atoms with Crippen LogP contribution in [-0.4, -0.2) is 52.5 Å². The first kappa shape index (κ1) is 18.6. The maximum Gasteiger partial charge on any atom is 0.345 e. The molecule has 1 aromatic carbocycles. The number of benzene rings is 1. The molecule has 3 atom stereocenters. The Hall–Kier alpha value is -3.19. The van der Waals surface area contributed by atoms with Crippen molar-refractivity contribution in [2.75, 3.05) is 32.1 Å². The molecule has 6 rings (SSSR count). The first-order valence-corrected chi connectivity index (χ1v) is 10.7. The van der Waals surface area contributed by atoms with Crippen LogP contribution in [0.2, 0.25) is 0 Å². The largest absolute Gasteiger partial charge is 0.422 e. The van der Waals surface area contributed by atoms with Crippen LogP contribution >= 0.6 is 0 Å². The second-order valence-electron chi connectivity index (χ2n) is 9.18. The topological polar surface area (TPSA) is 66.9 Å². The zero-order valence-electron chi connectivity index (χ0n) is 18.2. The number of nitrogens with zero attached hydrogens (tertiary/aromatic N) is 5. The summed E-state index contributed by atoms with van der Waals surface area (Å²) < 4.78 is 7.66. The molecule has 1 saturated carbocycles. The van der Waals surface area contributed by atoms with E-state index in [-0.39, 0.29) is 5.63 Å². The third-order valence-electron chi connectivity index (χ3n) is 6.83. The van der Waals surface area contributed by atoms with Gasteiger partial charge in [0.1, 0.15) is 5.58 Å². The highest BCUT2D eigenvalue weighted by atomic mass is 16.4. The number of aryl methyl sites for hydroxylation is 2. The van der Waals surface area contributed by atoms with Gasteiger partial charge >= 0.3 is 5.63 Å². The molecule has 0 bridgehead atoms. The monoisotopic (exact) mass is 415 g/mol.